The number of hydrogen-bond acceptors (Lipinski definition) is 4. The lowest BCUT2D eigenvalue weighted by atomic mass is 10.3. The Morgan fingerprint density at radius 1 is 1.57 bits per heavy atom. The van der Waals surface area contributed by atoms with Crippen LogP contribution in [0.15, 0.2) is 11.4 Å². The summed E-state index contributed by atoms with van der Waals surface area (Å²) < 4.78 is 0. The topological polar surface area (TPSA) is 46.0 Å². The van der Waals surface area contributed by atoms with Crippen LogP contribution in [0.25, 0.3) is 0 Å². The molecule has 0 amide bonds. The van der Waals surface area contributed by atoms with Crippen molar-refractivity contribution in [2.75, 3.05) is 6.61 Å². The fourth-order valence-electron chi connectivity index (χ4n) is 1.00. The summed E-state index contributed by atoms with van der Waals surface area (Å²) in [6.07, 6.45) is 2.26. The van der Waals surface area contributed by atoms with Crippen LogP contribution in [-0.2, 0) is 6.42 Å². The Morgan fingerprint density at radius 2 is 2.29 bits per heavy atom. The summed E-state index contributed by atoms with van der Waals surface area (Å²) in [7, 11) is 0. The zero-order valence-electron chi connectivity index (χ0n) is 8.20. The molecule has 78 valence electrons. The second kappa shape index (κ2) is 5.53. The molecule has 1 N–H and O–H groups in total. The summed E-state index contributed by atoms with van der Waals surface area (Å²) in [6, 6.07) is 0. The minimum absolute atomic E-state index is 0.131. The highest BCUT2D eigenvalue weighted by Crippen LogP contribution is 2.27. The van der Waals surface area contributed by atoms with Crippen molar-refractivity contribution in [3.63, 3.8) is 0 Å². The van der Waals surface area contributed by atoms with Crippen LogP contribution in [0.3, 0.4) is 0 Å². The van der Waals surface area contributed by atoms with Gasteiger partial charge >= 0.3 is 0 Å². The molecule has 1 atom stereocenters. The van der Waals surface area contributed by atoms with E-state index in [-0.39, 0.29) is 11.9 Å². The number of thioether (sulfide) groups is 1. The first-order valence-electron chi connectivity index (χ1n) is 4.45. The number of halogens is 1. The van der Waals surface area contributed by atoms with Crippen LogP contribution < -0.4 is 0 Å². The van der Waals surface area contributed by atoms with E-state index in [2.05, 4.69) is 9.97 Å². The lowest BCUT2D eigenvalue weighted by Gasteiger charge is -2.10. The van der Waals surface area contributed by atoms with Crippen molar-refractivity contribution in [2.45, 2.75) is 30.5 Å². The molecule has 0 saturated heterocycles. The van der Waals surface area contributed by atoms with Crippen LogP contribution in [0.4, 0.5) is 0 Å². The van der Waals surface area contributed by atoms with E-state index in [0.717, 1.165) is 17.0 Å². The molecule has 5 heteroatoms. The number of nitrogens with zero attached hydrogens (tertiary/aromatic N) is 2. The molecular formula is C9H13ClN2OS. The lowest BCUT2D eigenvalue weighted by molar-refractivity contribution is 0.300. The average Bonchev–Trinajstić information content (AvgIpc) is 2.18. The van der Waals surface area contributed by atoms with Crippen molar-refractivity contribution in [1.82, 2.24) is 9.97 Å². The van der Waals surface area contributed by atoms with Crippen molar-refractivity contribution in [3.05, 3.63) is 17.0 Å². The molecule has 1 unspecified atom stereocenters. The highest BCUT2D eigenvalue weighted by atomic mass is 35.5. The molecule has 1 aromatic rings. The van der Waals surface area contributed by atoms with Crippen LogP contribution in [0, 0.1) is 0 Å². The van der Waals surface area contributed by atoms with Gasteiger partial charge in [0.05, 0.1) is 6.61 Å². The zero-order chi connectivity index (χ0) is 10.6. The van der Waals surface area contributed by atoms with Gasteiger partial charge in [0.15, 0.2) is 0 Å². The number of rotatable bonds is 4. The van der Waals surface area contributed by atoms with E-state index in [4.69, 9.17) is 16.7 Å². The molecule has 0 aliphatic heterocycles. The van der Waals surface area contributed by atoms with Crippen LogP contribution in [-0.4, -0.2) is 26.9 Å². The molecule has 1 heterocycles. The minimum Gasteiger partial charge on any atom is -0.395 e. The quantitative estimate of drug-likeness (QED) is 0.639. The molecule has 0 aromatic carbocycles. The van der Waals surface area contributed by atoms with Crippen molar-refractivity contribution < 1.29 is 5.11 Å². The van der Waals surface area contributed by atoms with Crippen LogP contribution in [0.5, 0.6) is 0 Å². The Labute approximate surface area is 92.9 Å². The van der Waals surface area contributed by atoms with Gasteiger partial charge in [0.25, 0.3) is 0 Å². The zero-order valence-corrected chi connectivity index (χ0v) is 9.77. The molecule has 3 nitrogen and oxygen atoms in total. The number of aromatic nitrogens is 2. The maximum Gasteiger partial charge on any atom is 0.136 e. The average molecular weight is 233 g/mol. The van der Waals surface area contributed by atoms with E-state index in [0.29, 0.717) is 5.15 Å². The van der Waals surface area contributed by atoms with Gasteiger partial charge in [0.1, 0.15) is 16.5 Å². The van der Waals surface area contributed by atoms with E-state index in [9.17, 15) is 0 Å². The van der Waals surface area contributed by atoms with Gasteiger partial charge < -0.3 is 5.11 Å². The first-order chi connectivity index (χ1) is 6.69. The summed E-state index contributed by atoms with van der Waals surface area (Å²) in [5, 5.41) is 10.4. The van der Waals surface area contributed by atoms with E-state index in [1.54, 1.807) is 0 Å². The van der Waals surface area contributed by atoms with E-state index < -0.39 is 0 Å². The van der Waals surface area contributed by atoms with Gasteiger partial charge in [0, 0.05) is 10.8 Å². The van der Waals surface area contributed by atoms with E-state index in [1.165, 1.54) is 18.1 Å². The Morgan fingerprint density at radius 3 is 2.86 bits per heavy atom. The van der Waals surface area contributed by atoms with Gasteiger partial charge in [0.2, 0.25) is 0 Å². The number of aliphatic hydroxyl groups excluding tert-OH is 1. The van der Waals surface area contributed by atoms with Gasteiger partial charge in [-0.1, -0.05) is 25.4 Å². The van der Waals surface area contributed by atoms with Gasteiger partial charge in [-0.15, -0.1) is 11.8 Å². The third-order valence-corrected chi connectivity index (χ3v) is 3.23. The van der Waals surface area contributed by atoms with Crippen molar-refractivity contribution in [1.29, 1.82) is 0 Å². The van der Waals surface area contributed by atoms with Crippen LogP contribution >= 0.6 is 23.4 Å². The molecule has 0 saturated carbocycles. The summed E-state index contributed by atoms with van der Waals surface area (Å²) in [4.78, 5) is 8.08. The first kappa shape index (κ1) is 11.8. The van der Waals surface area contributed by atoms with Gasteiger partial charge in [-0.2, -0.15) is 0 Å². The Balaban J connectivity index is 2.90. The van der Waals surface area contributed by atoms with Crippen molar-refractivity contribution >= 4 is 23.4 Å². The molecule has 14 heavy (non-hydrogen) atoms. The summed E-state index contributed by atoms with van der Waals surface area (Å²) >= 11 is 7.45. The highest BCUT2D eigenvalue weighted by Gasteiger charge is 2.11. The molecule has 0 aliphatic rings. The minimum atomic E-state index is 0.131. The van der Waals surface area contributed by atoms with Gasteiger partial charge in [-0.25, -0.2) is 9.97 Å². The van der Waals surface area contributed by atoms with Crippen LogP contribution in [0.1, 0.15) is 19.4 Å². The molecule has 1 rings (SSSR count). The fourth-order valence-corrected chi connectivity index (χ4v) is 2.27. The normalized spacial score (nSPS) is 12.9. The smallest absolute Gasteiger partial charge is 0.136 e. The molecule has 0 radical (unpaired) electrons. The molecular weight excluding hydrogens is 220 g/mol. The van der Waals surface area contributed by atoms with Gasteiger partial charge in [-0.05, 0) is 6.42 Å². The molecule has 0 spiro atoms. The standard InChI is InChI=1S/C9H13ClN2OS/c1-3-7-8(10)11-5-12-9(7)14-6(2)4-13/h5-6,13H,3-4H2,1-2H3. The predicted molar refractivity (Wildman–Crippen MR) is 58.8 cm³/mol. The molecule has 0 fully saturated rings. The van der Waals surface area contributed by atoms with Crippen molar-refractivity contribution in [3.8, 4) is 0 Å². The van der Waals surface area contributed by atoms with E-state index >= 15 is 0 Å². The second-order valence-corrected chi connectivity index (χ2v) is 4.70. The maximum atomic E-state index is 8.93. The predicted octanol–water partition coefficient (Wildman–Crippen LogP) is 2.17. The van der Waals surface area contributed by atoms with Crippen LogP contribution in [0.2, 0.25) is 5.15 Å². The maximum absolute atomic E-state index is 8.93. The number of aliphatic hydroxyl groups is 1. The number of hydrogen-bond donors (Lipinski definition) is 1. The van der Waals surface area contributed by atoms with Crippen molar-refractivity contribution in [2.24, 2.45) is 0 Å². The summed E-state index contributed by atoms with van der Waals surface area (Å²) in [6.45, 7) is 4.09. The molecule has 0 aliphatic carbocycles. The molecule has 0 bridgehead atoms. The fraction of sp³-hybridized carbons (Fsp3) is 0.556. The highest BCUT2D eigenvalue weighted by molar-refractivity contribution is 7.99. The Kier molecular flexibility index (Phi) is 4.65. The summed E-state index contributed by atoms with van der Waals surface area (Å²) in [5.41, 5.74) is 0.958. The van der Waals surface area contributed by atoms with Gasteiger partial charge in [-0.3, -0.25) is 0 Å². The summed E-state index contributed by atoms with van der Waals surface area (Å²) in [5.74, 6) is 0. The molecule has 1 aromatic heterocycles. The first-order valence-corrected chi connectivity index (χ1v) is 5.71. The van der Waals surface area contributed by atoms with E-state index in [1.807, 2.05) is 13.8 Å². The monoisotopic (exact) mass is 232 g/mol. The Bertz CT molecular complexity index is 309. The third-order valence-electron chi connectivity index (χ3n) is 1.78. The lowest BCUT2D eigenvalue weighted by Crippen LogP contribution is -2.04. The second-order valence-electron chi connectivity index (χ2n) is 2.91. The largest absolute Gasteiger partial charge is 0.395 e. The Hall–Kier alpha value is -0.320. The SMILES string of the molecule is CCc1c(Cl)ncnc1SC(C)CO. The third kappa shape index (κ3) is 2.83.